The number of anilines is 1. The van der Waals surface area contributed by atoms with Crippen LogP contribution in [-0.2, 0) is 11.2 Å². The van der Waals surface area contributed by atoms with E-state index in [1.165, 1.54) is 11.1 Å². The zero-order chi connectivity index (χ0) is 22.9. The predicted molar refractivity (Wildman–Crippen MR) is 126 cm³/mol. The standard InChI is InChI=1S/C25H29N5O3/c1-15(2)32-22-10-7-16(13-20(22)26)25-28-24(29-33-25)19-6-3-5-18-17(19)8-9-21(18)27-14-23(31)30-11-4-12-30/h3,5-7,10,13,15,21,27H,4,8-9,11-12,14,26H2,1-2H3/t21-/m0/s1. The van der Waals surface area contributed by atoms with Gasteiger partial charge in [-0.3, -0.25) is 4.79 Å². The summed E-state index contributed by atoms with van der Waals surface area (Å²) in [5, 5.41) is 7.68. The van der Waals surface area contributed by atoms with Gasteiger partial charge in [-0.2, -0.15) is 4.98 Å². The Morgan fingerprint density at radius 3 is 2.88 bits per heavy atom. The molecular formula is C25H29N5O3. The van der Waals surface area contributed by atoms with Crippen molar-refractivity contribution in [3.8, 4) is 28.6 Å². The second kappa shape index (κ2) is 8.86. The van der Waals surface area contributed by atoms with Crippen molar-refractivity contribution < 1.29 is 14.1 Å². The molecule has 172 valence electrons. The number of rotatable bonds is 7. The number of hydrogen-bond acceptors (Lipinski definition) is 7. The van der Waals surface area contributed by atoms with E-state index < -0.39 is 0 Å². The van der Waals surface area contributed by atoms with E-state index in [1.807, 2.05) is 43.0 Å². The van der Waals surface area contributed by atoms with Crippen LogP contribution in [0.1, 0.15) is 43.9 Å². The normalized spacial score (nSPS) is 17.2. The van der Waals surface area contributed by atoms with Crippen molar-refractivity contribution >= 4 is 11.6 Å². The van der Waals surface area contributed by atoms with Crippen molar-refractivity contribution in [1.82, 2.24) is 20.4 Å². The summed E-state index contributed by atoms with van der Waals surface area (Å²) < 4.78 is 11.3. The molecule has 1 atom stereocenters. The second-order valence-corrected chi connectivity index (χ2v) is 8.92. The van der Waals surface area contributed by atoms with E-state index in [9.17, 15) is 4.79 Å². The van der Waals surface area contributed by atoms with Gasteiger partial charge in [0.15, 0.2) is 0 Å². The molecule has 1 aliphatic heterocycles. The van der Waals surface area contributed by atoms with Crippen molar-refractivity contribution in [1.29, 1.82) is 0 Å². The van der Waals surface area contributed by atoms with Gasteiger partial charge < -0.3 is 25.2 Å². The Morgan fingerprint density at radius 2 is 2.15 bits per heavy atom. The lowest BCUT2D eigenvalue weighted by Crippen LogP contribution is -2.46. The van der Waals surface area contributed by atoms with Gasteiger partial charge in [0.2, 0.25) is 11.7 Å². The van der Waals surface area contributed by atoms with E-state index in [1.54, 1.807) is 6.07 Å². The third kappa shape index (κ3) is 4.30. The predicted octanol–water partition coefficient (Wildman–Crippen LogP) is 3.58. The molecule has 2 heterocycles. The number of fused-ring (bicyclic) bond motifs is 1. The average molecular weight is 448 g/mol. The smallest absolute Gasteiger partial charge is 0.258 e. The molecule has 8 nitrogen and oxygen atoms in total. The molecule has 0 radical (unpaired) electrons. The van der Waals surface area contributed by atoms with E-state index in [2.05, 4.69) is 21.5 Å². The first kappa shape index (κ1) is 21.5. The zero-order valence-corrected chi connectivity index (χ0v) is 19.0. The lowest BCUT2D eigenvalue weighted by molar-refractivity contribution is -0.133. The Bertz CT molecular complexity index is 1170. The average Bonchev–Trinajstić information content (AvgIpc) is 3.39. The van der Waals surface area contributed by atoms with Gasteiger partial charge in [0.1, 0.15) is 5.75 Å². The first-order valence-corrected chi connectivity index (χ1v) is 11.5. The first-order valence-electron chi connectivity index (χ1n) is 11.5. The maximum atomic E-state index is 12.2. The van der Waals surface area contributed by atoms with Crippen LogP contribution in [0.4, 0.5) is 5.69 Å². The number of likely N-dealkylation sites (tertiary alicyclic amines) is 1. The van der Waals surface area contributed by atoms with Gasteiger partial charge in [-0.1, -0.05) is 23.4 Å². The highest BCUT2D eigenvalue weighted by Crippen LogP contribution is 2.37. The summed E-state index contributed by atoms with van der Waals surface area (Å²) in [6.45, 7) is 6.05. The van der Waals surface area contributed by atoms with Gasteiger partial charge in [-0.05, 0) is 62.4 Å². The second-order valence-electron chi connectivity index (χ2n) is 8.92. The van der Waals surface area contributed by atoms with E-state index in [0.717, 1.165) is 43.5 Å². The summed E-state index contributed by atoms with van der Waals surface area (Å²) in [6.07, 6.45) is 2.99. The summed E-state index contributed by atoms with van der Waals surface area (Å²) in [5.74, 6) is 1.79. The molecule has 0 unspecified atom stereocenters. The number of carbonyl (C=O) groups excluding carboxylic acids is 1. The molecule has 8 heteroatoms. The molecular weight excluding hydrogens is 418 g/mol. The van der Waals surface area contributed by atoms with Crippen LogP contribution in [0.25, 0.3) is 22.8 Å². The van der Waals surface area contributed by atoms with Gasteiger partial charge >= 0.3 is 0 Å². The van der Waals surface area contributed by atoms with E-state index in [0.29, 0.717) is 29.7 Å². The topological polar surface area (TPSA) is 107 Å². The number of ether oxygens (including phenoxy) is 1. The van der Waals surface area contributed by atoms with Crippen LogP contribution in [0.2, 0.25) is 0 Å². The van der Waals surface area contributed by atoms with Crippen molar-refractivity contribution in [2.75, 3.05) is 25.4 Å². The summed E-state index contributed by atoms with van der Waals surface area (Å²) in [5.41, 5.74) is 10.8. The van der Waals surface area contributed by atoms with Crippen LogP contribution in [-0.4, -0.2) is 46.7 Å². The van der Waals surface area contributed by atoms with E-state index >= 15 is 0 Å². The van der Waals surface area contributed by atoms with E-state index in [-0.39, 0.29) is 18.1 Å². The molecule has 5 rings (SSSR count). The first-order chi connectivity index (χ1) is 16.0. The van der Waals surface area contributed by atoms with Crippen LogP contribution in [0, 0.1) is 0 Å². The molecule has 0 spiro atoms. The van der Waals surface area contributed by atoms with E-state index in [4.69, 9.17) is 15.0 Å². The Morgan fingerprint density at radius 1 is 1.30 bits per heavy atom. The maximum absolute atomic E-state index is 12.2. The third-order valence-corrected chi connectivity index (χ3v) is 6.27. The zero-order valence-electron chi connectivity index (χ0n) is 19.0. The lowest BCUT2D eigenvalue weighted by Gasteiger charge is -2.31. The van der Waals surface area contributed by atoms with Crippen molar-refractivity contribution in [2.24, 2.45) is 0 Å². The molecule has 2 aliphatic rings. The van der Waals surface area contributed by atoms with Gasteiger partial charge in [0.25, 0.3) is 5.89 Å². The number of hydrogen-bond donors (Lipinski definition) is 2. The number of nitrogen functional groups attached to an aromatic ring is 1. The number of carbonyl (C=O) groups is 1. The Balaban J connectivity index is 1.34. The number of nitrogens with one attached hydrogen (secondary N) is 1. The monoisotopic (exact) mass is 447 g/mol. The van der Waals surface area contributed by atoms with Crippen molar-refractivity contribution in [2.45, 2.75) is 45.3 Å². The molecule has 2 aromatic carbocycles. The van der Waals surface area contributed by atoms with Crippen LogP contribution in [0.3, 0.4) is 0 Å². The number of nitrogens with two attached hydrogens (primary N) is 1. The highest BCUT2D eigenvalue weighted by atomic mass is 16.5. The van der Waals surface area contributed by atoms with Gasteiger partial charge in [-0.15, -0.1) is 0 Å². The third-order valence-electron chi connectivity index (χ3n) is 6.27. The Kier molecular flexibility index (Phi) is 5.76. The molecule has 33 heavy (non-hydrogen) atoms. The van der Waals surface area contributed by atoms with Gasteiger partial charge in [-0.25, -0.2) is 0 Å². The fraction of sp³-hybridized carbons (Fsp3) is 0.400. The molecule has 1 saturated heterocycles. The minimum atomic E-state index is 0.0421. The van der Waals surface area contributed by atoms with Crippen LogP contribution >= 0.6 is 0 Å². The summed E-state index contributed by atoms with van der Waals surface area (Å²) in [6, 6.07) is 11.8. The van der Waals surface area contributed by atoms with Crippen molar-refractivity contribution in [3.05, 3.63) is 47.5 Å². The Labute approximate surface area is 193 Å². The Hall–Kier alpha value is -3.39. The van der Waals surface area contributed by atoms with Gasteiger partial charge in [0.05, 0.1) is 18.3 Å². The fourth-order valence-electron chi connectivity index (χ4n) is 4.46. The molecule has 1 amide bonds. The number of amides is 1. The highest BCUT2D eigenvalue weighted by molar-refractivity contribution is 5.79. The number of aromatic nitrogens is 2. The summed E-state index contributed by atoms with van der Waals surface area (Å²) in [4.78, 5) is 18.8. The quantitative estimate of drug-likeness (QED) is 0.533. The molecule has 1 aromatic heterocycles. The molecule has 1 aliphatic carbocycles. The molecule has 3 N–H and O–H groups in total. The molecule has 0 saturated carbocycles. The maximum Gasteiger partial charge on any atom is 0.258 e. The van der Waals surface area contributed by atoms with Crippen LogP contribution in [0.5, 0.6) is 5.75 Å². The van der Waals surface area contributed by atoms with Crippen molar-refractivity contribution in [3.63, 3.8) is 0 Å². The minimum Gasteiger partial charge on any atom is -0.489 e. The number of nitrogens with zero attached hydrogens (tertiary/aromatic N) is 3. The molecule has 1 fully saturated rings. The minimum absolute atomic E-state index is 0.0421. The summed E-state index contributed by atoms with van der Waals surface area (Å²) >= 11 is 0. The molecule has 3 aromatic rings. The van der Waals surface area contributed by atoms with Crippen LogP contribution < -0.4 is 15.8 Å². The fourth-order valence-corrected chi connectivity index (χ4v) is 4.46. The number of benzene rings is 2. The molecule has 0 bridgehead atoms. The largest absolute Gasteiger partial charge is 0.489 e. The lowest BCUT2D eigenvalue weighted by atomic mass is 10.0. The SMILES string of the molecule is CC(C)Oc1ccc(-c2nc(-c3cccc4c3CC[C@@H]4NCC(=O)N3CCC3)no2)cc1N. The van der Waals surface area contributed by atoms with Crippen LogP contribution in [0.15, 0.2) is 40.9 Å². The highest BCUT2D eigenvalue weighted by Gasteiger charge is 2.28. The summed E-state index contributed by atoms with van der Waals surface area (Å²) in [7, 11) is 0. The van der Waals surface area contributed by atoms with Gasteiger partial charge in [0, 0.05) is 30.3 Å².